The molecule has 0 radical (unpaired) electrons. The van der Waals surface area contributed by atoms with Gasteiger partial charge in [0, 0.05) is 44.4 Å². The third kappa shape index (κ3) is 2.65. The molecule has 2 N–H and O–H groups in total. The first-order valence-electron chi connectivity index (χ1n) is 8.49. The van der Waals surface area contributed by atoms with E-state index in [1.54, 1.807) is 0 Å². The molecule has 1 aromatic heterocycles. The van der Waals surface area contributed by atoms with Crippen molar-refractivity contribution in [2.75, 3.05) is 43.4 Å². The molecule has 1 fully saturated rings. The summed E-state index contributed by atoms with van der Waals surface area (Å²) in [6.07, 6.45) is 3.32. The number of benzene rings is 1. The molecule has 23 heavy (non-hydrogen) atoms. The van der Waals surface area contributed by atoms with Gasteiger partial charge in [0.2, 0.25) is 5.95 Å². The number of nitrogens with zero attached hydrogens (tertiary/aromatic N) is 3. The van der Waals surface area contributed by atoms with E-state index in [2.05, 4.69) is 39.8 Å². The van der Waals surface area contributed by atoms with Gasteiger partial charge in [0.1, 0.15) is 5.82 Å². The predicted molar refractivity (Wildman–Crippen MR) is 94.1 cm³/mol. The number of anilines is 2. The summed E-state index contributed by atoms with van der Waals surface area (Å²) in [5.41, 5.74) is 5.11. The molecule has 1 aliphatic carbocycles. The van der Waals surface area contributed by atoms with Gasteiger partial charge in [-0.2, -0.15) is 4.98 Å². The summed E-state index contributed by atoms with van der Waals surface area (Å²) in [6, 6.07) is 8.67. The Labute approximate surface area is 137 Å². The Balaban J connectivity index is 1.89. The van der Waals surface area contributed by atoms with Crippen molar-refractivity contribution < 1.29 is 0 Å². The molecule has 2 heterocycles. The normalized spacial score (nSPS) is 17.2. The van der Waals surface area contributed by atoms with Gasteiger partial charge in [0.15, 0.2) is 0 Å². The quantitative estimate of drug-likeness (QED) is 0.889. The van der Waals surface area contributed by atoms with Crippen molar-refractivity contribution in [3.8, 4) is 11.3 Å². The first-order valence-corrected chi connectivity index (χ1v) is 8.49. The second kappa shape index (κ2) is 6.16. The molecule has 4 rings (SSSR count). The Morgan fingerprint density at radius 3 is 2.74 bits per heavy atom. The number of rotatable bonds is 2. The van der Waals surface area contributed by atoms with Crippen LogP contribution in [0.4, 0.5) is 11.8 Å². The molecule has 0 amide bonds. The third-order valence-electron chi connectivity index (χ3n) is 4.77. The summed E-state index contributed by atoms with van der Waals surface area (Å²) in [5, 5.41) is 6.56. The van der Waals surface area contributed by atoms with Crippen molar-refractivity contribution in [1.82, 2.24) is 15.3 Å². The van der Waals surface area contributed by atoms with E-state index >= 15 is 0 Å². The van der Waals surface area contributed by atoms with Crippen LogP contribution in [0.2, 0.25) is 0 Å². The Bertz CT molecular complexity index is 707. The topological polar surface area (TPSA) is 53.1 Å². The zero-order chi connectivity index (χ0) is 15.6. The van der Waals surface area contributed by atoms with Crippen LogP contribution in [0.1, 0.15) is 17.5 Å². The molecule has 1 aromatic carbocycles. The summed E-state index contributed by atoms with van der Waals surface area (Å²) in [5.74, 6) is 1.84. The largest absolute Gasteiger partial charge is 0.357 e. The highest BCUT2D eigenvalue weighted by Crippen LogP contribution is 2.36. The average molecular weight is 309 g/mol. The van der Waals surface area contributed by atoms with Gasteiger partial charge in [0.25, 0.3) is 0 Å². The SMILES string of the molecule is CNc1nc2c(c(N3CCNCC3)n1)CCCc1ccccc1-2. The maximum atomic E-state index is 4.82. The van der Waals surface area contributed by atoms with Crippen molar-refractivity contribution in [3.05, 3.63) is 35.4 Å². The van der Waals surface area contributed by atoms with Gasteiger partial charge in [0.05, 0.1) is 5.69 Å². The van der Waals surface area contributed by atoms with Crippen LogP contribution < -0.4 is 15.5 Å². The minimum absolute atomic E-state index is 0.717. The third-order valence-corrected chi connectivity index (χ3v) is 4.77. The van der Waals surface area contributed by atoms with E-state index in [1.807, 2.05) is 7.05 Å². The first-order chi connectivity index (χ1) is 11.4. The Morgan fingerprint density at radius 2 is 1.91 bits per heavy atom. The Kier molecular flexibility index (Phi) is 3.87. The van der Waals surface area contributed by atoms with Gasteiger partial charge < -0.3 is 15.5 Å². The molecule has 2 aromatic rings. The zero-order valence-electron chi connectivity index (χ0n) is 13.6. The van der Waals surface area contributed by atoms with E-state index in [0.29, 0.717) is 5.95 Å². The monoisotopic (exact) mass is 309 g/mol. The lowest BCUT2D eigenvalue weighted by Gasteiger charge is -2.30. The number of aromatic nitrogens is 2. The van der Waals surface area contributed by atoms with Crippen molar-refractivity contribution in [2.24, 2.45) is 0 Å². The fourth-order valence-electron chi connectivity index (χ4n) is 3.60. The second-order valence-electron chi connectivity index (χ2n) is 6.20. The molecule has 0 bridgehead atoms. The number of nitrogens with one attached hydrogen (secondary N) is 2. The van der Waals surface area contributed by atoms with Crippen LogP contribution in [0, 0.1) is 0 Å². The van der Waals surface area contributed by atoms with E-state index < -0.39 is 0 Å². The van der Waals surface area contributed by atoms with Gasteiger partial charge in [-0.05, 0) is 24.8 Å². The van der Waals surface area contributed by atoms with Gasteiger partial charge in [-0.25, -0.2) is 4.98 Å². The highest BCUT2D eigenvalue weighted by molar-refractivity contribution is 5.74. The molecular weight excluding hydrogens is 286 g/mol. The number of hydrogen-bond donors (Lipinski definition) is 2. The van der Waals surface area contributed by atoms with Crippen LogP contribution in [-0.4, -0.2) is 43.2 Å². The molecule has 5 heteroatoms. The standard InChI is InChI=1S/C18H23N5/c1-19-18-21-16-14-7-3-2-5-13(14)6-4-8-15(16)17(22-18)23-11-9-20-10-12-23/h2-3,5,7,20H,4,6,8-12H2,1H3,(H,19,21,22). The molecule has 1 aliphatic heterocycles. The predicted octanol–water partition coefficient (Wildman–Crippen LogP) is 2.08. The van der Waals surface area contributed by atoms with Gasteiger partial charge >= 0.3 is 0 Å². The second-order valence-corrected chi connectivity index (χ2v) is 6.20. The molecule has 5 nitrogen and oxygen atoms in total. The lowest BCUT2D eigenvalue weighted by Crippen LogP contribution is -2.44. The van der Waals surface area contributed by atoms with Crippen molar-refractivity contribution >= 4 is 11.8 Å². The summed E-state index contributed by atoms with van der Waals surface area (Å²) in [4.78, 5) is 12.1. The van der Waals surface area contributed by atoms with Crippen LogP contribution in [0.5, 0.6) is 0 Å². The van der Waals surface area contributed by atoms with Crippen molar-refractivity contribution in [2.45, 2.75) is 19.3 Å². The lowest BCUT2D eigenvalue weighted by atomic mass is 10.0. The van der Waals surface area contributed by atoms with Crippen LogP contribution in [0.15, 0.2) is 24.3 Å². The molecular formula is C18H23N5. The van der Waals surface area contributed by atoms with E-state index in [4.69, 9.17) is 9.97 Å². The summed E-state index contributed by atoms with van der Waals surface area (Å²) < 4.78 is 0. The summed E-state index contributed by atoms with van der Waals surface area (Å²) in [7, 11) is 1.89. The number of hydrogen-bond acceptors (Lipinski definition) is 5. The fraction of sp³-hybridized carbons (Fsp3) is 0.444. The molecule has 1 saturated heterocycles. The lowest BCUT2D eigenvalue weighted by molar-refractivity contribution is 0.582. The maximum absolute atomic E-state index is 4.82. The van der Waals surface area contributed by atoms with Crippen LogP contribution in [-0.2, 0) is 12.8 Å². The molecule has 120 valence electrons. The highest BCUT2D eigenvalue weighted by atomic mass is 15.3. The highest BCUT2D eigenvalue weighted by Gasteiger charge is 2.24. The number of aryl methyl sites for hydroxylation is 1. The van der Waals surface area contributed by atoms with E-state index in [9.17, 15) is 0 Å². The summed E-state index contributed by atoms with van der Waals surface area (Å²) in [6.45, 7) is 4.05. The van der Waals surface area contributed by atoms with Gasteiger partial charge in [-0.1, -0.05) is 24.3 Å². The number of fused-ring (bicyclic) bond motifs is 3. The smallest absolute Gasteiger partial charge is 0.224 e. The molecule has 0 unspecified atom stereocenters. The first kappa shape index (κ1) is 14.5. The zero-order valence-corrected chi connectivity index (χ0v) is 13.6. The fourth-order valence-corrected chi connectivity index (χ4v) is 3.60. The van der Waals surface area contributed by atoms with Gasteiger partial charge in [-0.3, -0.25) is 0 Å². The van der Waals surface area contributed by atoms with Crippen LogP contribution in [0.3, 0.4) is 0 Å². The average Bonchev–Trinajstić information content (AvgIpc) is 2.81. The van der Waals surface area contributed by atoms with Gasteiger partial charge in [-0.15, -0.1) is 0 Å². The minimum Gasteiger partial charge on any atom is -0.357 e. The minimum atomic E-state index is 0.717. The molecule has 0 saturated carbocycles. The molecule has 2 aliphatic rings. The van der Waals surface area contributed by atoms with Crippen LogP contribution >= 0.6 is 0 Å². The van der Waals surface area contributed by atoms with E-state index in [-0.39, 0.29) is 0 Å². The van der Waals surface area contributed by atoms with Crippen LogP contribution in [0.25, 0.3) is 11.3 Å². The van der Waals surface area contributed by atoms with Crippen molar-refractivity contribution in [3.63, 3.8) is 0 Å². The Hall–Kier alpha value is -2.14. The number of piperazine rings is 1. The van der Waals surface area contributed by atoms with Crippen molar-refractivity contribution in [1.29, 1.82) is 0 Å². The van der Waals surface area contributed by atoms with E-state index in [1.165, 1.54) is 16.7 Å². The van der Waals surface area contributed by atoms with E-state index in [0.717, 1.165) is 57.0 Å². The maximum Gasteiger partial charge on any atom is 0.224 e. The Morgan fingerprint density at radius 1 is 1.09 bits per heavy atom. The molecule has 0 atom stereocenters. The summed E-state index contributed by atoms with van der Waals surface area (Å²) >= 11 is 0. The molecule has 0 spiro atoms.